The molecule has 0 aromatic heterocycles. The van der Waals surface area contributed by atoms with E-state index in [1.54, 1.807) is 11.8 Å². The molecule has 2 atom stereocenters. The Labute approximate surface area is 169 Å². The molecule has 150 valence electrons. The summed E-state index contributed by atoms with van der Waals surface area (Å²) in [7, 11) is 0. The quantitative estimate of drug-likeness (QED) is 0.411. The third kappa shape index (κ3) is 4.41. The third-order valence-corrected chi connectivity index (χ3v) is 6.31. The first-order chi connectivity index (χ1) is 13.5. The molecule has 2 amide bonds. The highest BCUT2D eigenvalue weighted by atomic mass is 32.2. The molecule has 28 heavy (non-hydrogen) atoms. The third-order valence-electron chi connectivity index (χ3n) is 4.88. The highest BCUT2D eigenvalue weighted by Gasteiger charge is 2.53. The predicted octanol–water partition coefficient (Wildman–Crippen LogP) is 2.64. The van der Waals surface area contributed by atoms with Crippen molar-refractivity contribution in [3.63, 3.8) is 0 Å². The van der Waals surface area contributed by atoms with Gasteiger partial charge in [0.05, 0.1) is 6.61 Å². The first-order valence-electron chi connectivity index (χ1n) is 9.67. The van der Waals surface area contributed by atoms with Gasteiger partial charge in [0.1, 0.15) is 17.1 Å². The van der Waals surface area contributed by atoms with Gasteiger partial charge in [-0.05, 0) is 30.9 Å². The summed E-state index contributed by atoms with van der Waals surface area (Å²) in [5, 5.41) is 2.59. The van der Waals surface area contributed by atoms with Gasteiger partial charge in [-0.1, -0.05) is 43.7 Å². The number of thioether (sulfide) groups is 1. The van der Waals surface area contributed by atoms with Gasteiger partial charge >= 0.3 is 5.97 Å². The van der Waals surface area contributed by atoms with Crippen LogP contribution < -0.4 is 5.32 Å². The van der Waals surface area contributed by atoms with E-state index in [2.05, 4.69) is 5.32 Å². The molecule has 6 nitrogen and oxygen atoms in total. The monoisotopic (exact) mass is 402 g/mol. The summed E-state index contributed by atoms with van der Waals surface area (Å²) in [6.07, 6.45) is 2.68. The van der Waals surface area contributed by atoms with Gasteiger partial charge in [0.25, 0.3) is 5.91 Å². The normalized spacial score (nSPS) is 21.1. The Morgan fingerprint density at radius 1 is 1.29 bits per heavy atom. The summed E-state index contributed by atoms with van der Waals surface area (Å²) in [6, 6.07) is 9.19. The number of nitrogens with one attached hydrogen (secondary N) is 1. The second-order valence-electron chi connectivity index (χ2n) is 7.06. The predicted molar refractivity (Wildman–Crippen MR) is 108 cm³/mol. The maximum absolute atomic E-state index is 12.7. The Morgan fingerprint density at radius 2 is 2.04 bits per heavy atom. The number of benzene rings is 1. The van der Waals surface area contributed by atoms with E-state index in [0.717, 1.165) is 24.0 Å². The number of amides is 2. The minimum atomic E-state index is -0.584. The van der Waals surface area contributed by atoms with Crippen LogP contribution in [0, 0.1) is 0 Å². The van der Waals surface area contributed by atoms with Crippen molar-refractivity contribution in [1.29, 1.82) is 0 Å². The number of unbranched alkanes of at least 4 members (excludes halogenated alkanes) is 1. The fourth-order valence-electron chi connectivity index (χ4n) is 3.29. The van der Waals surface area contributed by atoms with Gasteiger partial charge < -0.3 is 10.1 Å². The number of carbonyl (C=O) groups excluding carboxylic acids is 3. The number of carbonyl (C=O) groups is 3. The van der Waals surface area contributed by atoms with Crippen molar-refractivity contribution in [2.45, 2.75) is 50.9 Å². The van der Waals surface area contributed by atoms with E-state index < -0.39 is 12.0 Å². The lowest BCUT2D eigenvalue weighted by atomic mass is 10.0. The van der Waals surface area contributed by atoms with Gasteiger partial charge in [-0.25, -0.2) is 4.79 Å². The number of fused-ring (bicyclic) bond motifs is 1. The Balaban J connectivity index is 1.57. The molecule has 1 aromatic rings. The molecule has 0 bridgehead atoms. The highest BCUT2D eigenvalue weighted by molar-refractivity contribution is 8.00. The fourth-order valence-corrected chi connectivity index (χ4v) is 4.58. The van der Waals surface area contributed by atoms with Crippen molar-refractivity contribution < 1.29 is 19.1 Å². The lowest BCUT2D eigenvalue weighted by Gasteiger charge is -2.49. The molecule has 2 heterocycles. The van der Waals surface area contributed by atoms with Gasteiger partial charge in [0, 0.05) is 12.2 Å². The molecular weight excluding hydrogens is 376 g/mol. The lowest BCUT2D eigenvalue weighted by Crippen LogP contribution is -2.70. The standard InChI is InChI=1S/C21H26N2O4S/c1-3-4-12-27-21(26)18-14(2)13-28-20-17(19(25)23(18)20)22-16(24)11-10-15-8-6-5-7-9-15/h5-9,17,20H,3-4,10-13H2,1-2H3,(H,22,24)/t17-,20-/m1/s1. The summed E-state index contributed by atoms with van der Waals surface area (Å²) < 4.78 is 5.31. The molecule has 1 aromatic carbocycles. The molecule has 0 unspecified atom stereocenters. The highest BCUT2D eigenvalue weighted by Crippen LogP contribution is 2.40. The second kappa shape index (κ2) is 9.28. The molecule has 1 fully saturated rings. The molecule has 3 rings (SSSR count). The van der Waals surface area contributed by atoms with Crippen LogP contribution in [0.5, 0.6) is 0 Å². The van der Waals surface area contributed by atoms with E-state index in [1.165, 1.54) is 4.90 Å². The summed E-state index contributed by atoms with van der Waals surface area (Å²) in [4.78, 5) is 38.9. The first-order valence-corrected chi connectivity index (χ1v) is 10.7. The number of aryl methyl sites for hydroxylation is 1. The van der Waals surface area contributed by atoms with Crippen LogP contribution in [0.25, 0.3) is 0 Å². The molecule has 0 radical (unpaired) electrons. The van der Waals surface area contributed by atoms with Gasteiger partial charge in [-0.3, -0.25) is 14.5 Å². The van der Waals surface area contributed by atoms with Crippen LogP contribution in [-0.4, -0.2) is 46.5 Å². The maximum atomic E-state index is 12.7. The maximum Gasteiger partial charge on any atom is 0.355 e. The zero-order chi connectivity index (χ0) is 20.1. The summed E-state index contributed by atoms with van der Waals surface area (Å²) in [6.45, 7) is 4.22. The second-order valence-corrected chi connectivity index (χ2v) is 8.16. The largest absolute Gasteiger partial charge is 0.461 e. The average molecular weight is 403 g/mol. The zero-order valence-corrected chi connectivity index (χ0v) is 17.1. The van der Waals surface area contributed by atoms with E-state index in [0.29, 0.717) is 30.9 Å². The smallest absolute Gasteiger partial charge is 0.355 e. The van der Waals surface area contributed by atoms with E-state index in [-0.39, 0.29) is 17.2 Å². The summed E-state index contributed by atoms with van der Waals surface area (Å²) in [5.41, 5.74) is 2.27. The molecule has 1 N–H and O–H groups in total. The van der Waals surface area contributed by atoms with Crippen molar-refractivity contribution in [2.75, 3.05) is 12.4 Å². The Kier molecular flexibility index (Phi) is 6.78. The topological polar surface area (TPSA) is 75.7 Å². The van der Waals surface area contributed by atoms with Crippen LogP contribution in [0.15, 0.2) is 41.6 Å². The van der Waals surface area contributed by atoms with Gasteiger partial charge in [-0.15, -0.1) is 11.8 Å². The van der Waals surface area contributed by atoms with Crippen LogP contribution in [0.4, 0.5) is 0 Å². The minimum absolute atomic E-state index is 0.152. The number of esters is 1. The summed E-state index contributed by atoms with van der Waals surface area (Å²) in [5.74, 6) is -0.199. The van der Waals surface area contributed by atoms with Gasteiger partial charge in [-0.2, -0.15) is 0 Å². The molecule has 0 aliphatic carbocycles. The van der Waals surface area contributed by atoms with E-state index >= 15 is 0 Å². The van der Waals surface area contributed by atoms with Crippen molar-refractivity contribution >= 4 is 29.5 Å². The van der Waals surface area contributed by atoms with E-state index in [9.17, 15) is 14.4 Å². The molecule has 0 saturated carbocycles. The molecular formula is C21H26N2O4S. The number of nitrogens with zero attached hydrogens (tertiary/aromatic N) is 1. The number of ether oxygens (including phenoxy) is 1. The van der Waals surface area contributed by atoms with Crippen molar-refractivity contribution in [2.24, 2.45) is 0 Å². The van der Waals surface area contributed by atoms with Crippen molar-refractivity contribution in [3.05, 3.63) is 47.2 Å². The molecule has 0 spiro atoms. The lowest BCUT2D eigenvalue weighted by molar-refractivity contribution is -0.153. The SMILES string of the molecule is CCCCOC(=O)C1=C(C)CS[C@@H]2[C@H](NC(=O)CCc3ccccc3)C(=O)N12. The first kappa shape index (κ1) is 20.5. The molecule has 7 heteroatoms. The van der Waals surface area contributed by atoms with Crippen LogP contribution >= 0.6 is 11.8 Å². The number of β-lactam (4-membered cyclic amide) rings is 1. The Morgan fingerprint density at radius 3 is 2.75 bits per heavy atom. The van der Waals surface area contributed by atoms with Gasteiger partial charge in [0.2, 0.25) is 5.91 Å². The number of hydrogen-bond acceptors (Lipinski definition) is 5. The summed E-state index contributed by atoms with van der Waals surface area (Å²) >= 11 is 1.56. The van der Waals surface area contributed by atoms with Crippen LogP contribution in [0.1, 0.15) is 38.7 Å². The average Bonchev–Trinajstić information content (AvgIpc) is 2.71. The molecule has 2 aliphatic rings. The Bertz CT molecular complexity index is 778. The number of hydrogen-bond donors (Lipinski definition) is 1. The molecule has 1 saturated heterocycles. The van der Waals surface area contributed by atoms with Crippen LogP contribution in [0.3, 0.4) is 0 Å². The minimum Gasteiger partial charge on any atom is -0.461 e. The fraction of sp³-hybridized carbons (Fsp3) is 0.476. The van der Waals surface area contributed by atoms with E-state index in [4.69, 9.17) is 4.74 Å². The van der Waals surface area contributed by atoms with Gasteiger partial charge in [0.15, 0.2) is 0 Å². The van der Waals surface area contributed by atoms with Crippen molar-refractivity contribution in [3.8, 4) is 0 Å². The van der Waals surface area contributed by atoms with Crippen LogP contribution in [-0.2, 0) is 25.5 Å². The van der Waals surface area contributed by atoms with Crippen LogP contribution in [0.2, 0.25) is 0 Å². The van der Waals surface area contributed by atoms with E-state index in [1.807, 2.05) is 44.2 Å². The molecule has 2 aliphatic heterocycles. The van der Waals surface area contributed by atoms with Crippen molar-refractivity contribution in [1.82, 2.24) is 10.2 Å². The number of rotatable bonds is 8. The Hall–Kier alpha value is -2.28. The zero-order valence-electron chi connectivity index (χ0n) is 16.3.